The second kappa shape index (κ2) is 8.61. The highest BCUT2D eigenvalue weighted by molar-refractivity contribution is 5.96. The number of ether oxygens (including phenoxy) is 2. The number of aryl methyl sites for hydroxylation is 1. The molecule has 8 nitrogen and oxygen atoms in total. The van der Waals surface area contributed by atoms with Crippen molar-refractivity contribution in [2.75, 3.05) is 18.5 Å². The fourth-order valence-corrected chi connectivity index (χ4v) is 2.24. The molecule has 0 aliphatic rings. The van der Waals surface area contributed by atoms with Gasteiger partial charge in [-0.1, -0.05) is 12.1 Å². The van der Waals surface area contributed by atoms with E-state index in [0.29, 0.717) is 23.6 Å². The van der Waals surface area contributed by atoms with Gasteiger partial charge in [-0.3, -0.25) is 14.9 Å². The molecule has 0 heterocycles. The molecule has 8 heteroatoms. The van der Waals surface area contributed by atoms with Crippen LogP contribution in [0.5, 0.6) is 5.75 Å². The number of carbonyl (C=O) groups excluding carboxylic acids is 2. The van der Waals surface area contributed by atoms with E-state index in [0.717, 1.165) is 0 Å². The number of anilines is 1. The van der Waals surface area contributed by atoms with Gasteiger partial charge >= 0.3 is 5.97 Å². The minimum Gasteiger partial charge on any atom is -0.492 e. The highest BCUT2D eigenvalue weighted by atomic mass is 16.6. The molecule has 0 aliphatic carbocycles. The Hall–Kier alpha value is -3.42. The number of amides is 1. The topological polar surface area (TPSA) is 108 Å². The Morgan fingerprint density at radius 2 is 1.92 bits per heavy atom. The molecule has 0 saturated carbocycles. The molecule has 1 N–H and O–H groups in total. The minimum atomic E-state index is -0.740. The molecular formula is C18H18N2O6. The van der Waals surface area contributed by atoms with Crippen LogP contribution >= 0.6 is 0 Å². The van der Waals surface area contributed by atoms with Crippen molar-refractivity contribution >= 4 is 23.3 Å². The number of nitro groups is 1. The van der Waals surface area contributed by atoms with Crippen molar-refractivity contribution in [3.05, 3.63) is 63.7 Å². The lowest BCUT2D eigenvalue weighted by atomic mass is 10.1. The second-order valence-corrected chi connectivity index (χ2v) is 5.31. The van der Waals surface area contributed by atoms with Crippen LogP contribution in [0.3, 0.4) is 0 Å². The monoisotopic (exact) mass is 358 g/mol. The molecular weight excluding hydrogens is 340 g/mol. The molecule has 0 spiro atoms. The fraction of sp³-hybridized carbons (Fsp3) is 0.222. The number of para-hydroxylation sites is 2. The van der Waals surface area contributed by atoms with Gasteiger partial charge in [-0.2, -0.15) is 0 Å². The maximum atomic E-state index is 12.0. The van der Waals surface area contributed by atoms with Gasteiger partial charge < -0.3 is 14.8 Å². The van der Waals surface area contributed by atoms with Gasteiger partial charge in [0, 0.05) is 11.6 Å². The van der Waals surface area contributed by atoms with Crippen molar-refractivity contribution in [3.8, 4) is 5.75 Å². The van der Waals surface area contributed by atoms with E-state index in [9.17, 15) is 19.7 Å². The Kier molecular flexibility index (Phi) is 6.26. The zero-order valence-corrected chi connectivity index (χ0v) is 14.4. The molecule has 2 aromatic carbocycles. The molecule has 1 amide bonds. The molecule has 0 aromatic heterocycles. The van der Waals surface area contributed by atoms with Crippen molar-refractivity contribution in [2.45, 2.75) is 13.8 Å². The van der Waals surface area contributed by atoms with Gasteiger partial charge in [0.2, 0.25) is 0 Å². The Morgan fingerprint density at radius 3 is 2.58 bits per heavy atom. The lowest BCUT2D eigenvalue weighted by Gasteiger charge is -2.11. The maximum absolute atomic E-state index is 12.0. The summed E-state index contributed by atoms with van der Waals surface area (Å²) in [6.45, 7) is 3.30. The summed E-state index contributed by atoms with van der Waals surface area (Å²) in [5, 5.41) is 13.4. The van der Waals surface area contributed by atoms with Crippen LogP contribution in [0.4, 0.5) is 11.4 Å². The van der Waals surface area contributed by atoms with Crippen LogP contribution in [-0.2, 0) is 9.53 Å². The van der Waals surface area contributed by atoms with Crippen LogP contribution in [-0.4, -0.2) is 30.0 Å². The van der Waals surface area contributed by atoms with Crippen molar-refractivity contribution in [3.63, 3.8) is 0 Å². The van der Waals surface area contributed by atoms with Gasteiger partial charge in [0.25, 0.3) is 11.6 Å². The molecule has 136 valence electrons. The third kappa shape index (κ3) is 4.79. The normalized spacial score (nSPS) is 10.1. The number of esters is 1. The smallest absolute Gasteiger partial charge is 0.338 e. The fourth-order valence-electron chi connectivity index (χ4n) is 2.24. The number of rotatable bonds is 7. The lowest BCUT2D eigenvalue weighted by molar-refractivity contribution is -0.385. The van der Waals surface area contributed by atoms with Crippen molar-refractivity contribution in [1.29, 1.82) is 0 Å². The van der Waals surface area contributed by atoms with Gasteiger partial charge in [-0.25, -0.2) is 4.79 Å². The van der Waals surface area contributed by atoms with E-state index in [1.165, 1.54) is 25.1 Å². The number of nitro benzene ring substituents is 1. The summed E-state index contributed by atoms with van der Waals surface area (Å²) in [7, 11) is 0. The first-order valence-electron chi connectivity index (χ1n) is 7.86. The van der Waals surface area contributed by atoms with Crippen molar-refractivity contribution < 1.29 is 24.0 Å². The van der Waals surface area contributed by atoms with Gasteiger partial charge in [0.15, 0.2) is 6.61 Å². The zero-order valence-electron chi connectivity index (χ0n) is 14.4. The quantitative estimate of drug-likeness (QED) is 0.463. The number of carbonyl (C=O) groups is 2. The first-order valence-corrected chi connectivity index (χ1v) is 7.86. The summed E-state index contributed by atoms with van der Waals surface area (Å²) >= 11 is 0. The number of benzene rings is 2. The largest absolute Gasteiger partial charge is 0.492 e. The maximum Gasteiger partial charge on any atom is 0.338 e. The van der Waals surface area contributed by atoms with Crippen LogP contribution in [0.25, 0.3) is 0 Å². The van der Waals surface area contributed by atoms with Gasteiger partial charge in [-0.05, 0) is 38.1 Å². The molecule has 0 fully saturated rings. The molecule has 26 heavy (non-hydrogen) atoms. The Balaban J connectivity index is 1.96. The van der Waals surface area contributed by atoms with Crippen LogP contribution in [0, 0.1) is 17.0 Å². The predicted molar refractivity (Wildman–Crippen MR) is 94.4 cm³/mol. The third-order valence-electron chi connectivity index (χ3n) is 3.42. The van der Waals surface area contributed by atoms with E-state index in [1.54, 1.807) is 24.3 Å². The third-order valence-corrected chi connectivity index (χ3v) is 3.42. The van der Waals surface area contributed by atoms with Gasteiger partial charge in [-0.15, -0.1) is 0 Å². The second-order valence-electron chi connectivity index (χ2n) is 5.31. The van der Waals surface area contributed by atoms with Gasteiger partial charge in [0.05, 0.1) is 22.8 Å². The average Bonchev–Trinajstić information content (AvgIpc) is 2.61. The molecule has 2 aromatic rings. The number of hydrogen-bond acceptors (Lipinski definition) is 6. The van der Waals surface area contributed by atoms with Gasteiger partial charge in [0.1, 0.15) is 5.75 Å². The standard InChI is InChI=1S/C18H18N2O6/c1-3-25-16-7-5-4-6-14(16)19-17(21)11-26-18(22)13-8-9-15(20(23)24)12(2)10-13/h4-10H,3,11H2,1-2H3,(H,19,21). The van der Waals surface area contributed by atoms with Crippen molar-refractivity contribution in [2.24, 2.45) is 0 Å². The Bertz CT molecular complexity index is 834. The van der Waals surface area contributed by atoms with E-state index in [1.807, 2.05) is 6.92 Å². The summed E-state index contributed by atoms with van der Waals surface area (Å²) in [5.41, 5.74) is 0.851. The minimum absolute atomic E-state index is 0.0909. The van der Waals surface area contributed by atoms with E-state index in [4.69, 9.17) is 9.47 Å². The van der Waals surface area contributed by atoms with E-state index in [2.05, 4.69) is 5.32 Å². The van der Waals surface area contributed by atoms with Crippen molar-refractivity contribution in [1.82, 2.24) is 0 Å². The molecule has 0 radical (unpaired) electrons. The lowest BCUT2D eigenvalue weighted by Crippen LogP contribution is -2.21. The first-order chi connectivity index (χ1) is 12.4. The molecule has 2 rings (SSSR count). The SMILES string of the molecule is CCOc1ccccc1NC(=O)COC(=O)c1ccc([N+](=O)[O-])c(C)c1. The summed E-state index contributed by atoms with van der Waals surface area (Å²) in [6.07, 6.45) is 0. The average molecular weight is 358 g/mol. The Labute approximate surface area is 149 Å². The van der Waals surface area contributed by atoms with Crippen LogP contribution in [0.2, 0.25) is 0 Å². The number of nitrogens with one attached hydrogen (secondary N) is 1. The molecule has 0 atom stereocenters. The summed E-state index contributed by atoms with van der Waals surface area (Å²) in [4.78, 5) is 34.2. The summed E-state index contributed by atoms with van der Waals surface area (Å²) < 4.78 is 10.4. The number of hydrogen-bond donors (Lipinski definition) is 1. The predicted octanol–water partition coefficient (Wildman–Crippen LogP) is 3.10. The Morgan fingerprint density at radius 1 is 1.19 bits per heavy atom. The van der Waals surface area contributed by atoms with Crippen LogP contribution in [0.1, 0.15) is 22.8 Å². The highest BCUT2D eigenvalue weighted by Gasteiger charge is 2.16. The summed E-state index contributed by atoms with van der Waals surface area (Å²) in [6, 6.07) is 10.8. The van der Waals surface area contributed by atoms with Crippen LogP contribution < -0.4 is 10.1 Å². The van der Waals surface area contributed by atoms with Crippen LogP contribution in [0.15, 0.2) is 42.5 Å². The van der Waals surface area contributed by atoms with E-state index >= 15 is 0 Å². The summed E-state index contributed by atoms with van der Waals surface area (Å²) in [5.74, 6) is -0.749. The molecule has 0 bridgehead atoms. The highest BCUT2D eigenvalue weighted by Crippen LogP contribution is 2.23. The molecule has 0 saturated heterocycles. The zero-order chi connectivity index (χ0) is 19.1. The first kappa shape index (κ1) is 18.9. The molecule has 0 unspecified atom stereocenters. The molecule has 0 aliphatic heterocycles. The van der Waals surface area contributed by atoms with E-state index in [-0.39, 0.29) is 11.3 Å². The van der Waals surface area contributed by atoms with E-state index < -0.39 is 23.4 Å². The number of nitrogens with zero attached hydrogens (tertiary/aromatic N) is 1.